The van der Waals surface area contributed by atoms with Gasteiger partial charge in [0.2, 0.25) is 5.91 Å². The Morgan fingerprint density at radius 1 is 0.368 bits per heavy atom. The van der Waals surface area contributed by atoms with Crippen LogP contribution in [0.4, 0.5) is 0 Å². The fourth-order valence-corrected chi connectivity index (χ4v) is 11.0. The van der Waals surface area contributed by atoms with Crippen LogP contribution >= 0.6 is 0 Å². The number of unbranched alkanes of at least 4 members (excludes halogenated alkanes) is 50. The summed E-state index contributed by atoms with van der Waals surface area (Å²) in [5.41, 5.74) is 0. The maximum absolute atomic E-state index is 12.5. The lowest BCUT2D eigenvalue weighted by Crippen LogP contribution is -2.45. The number of hydrogen-bond acceptors (Lipinski definition) is 5. The smallest absolute Gasteiger partial charge is 0.305 e. The lowest BCUT2D eigenvalue weighted by atomic mass is 10.0. The van der Waals surface area contributed by atoms with Crippen molar-refractivity contribution in [2.24, 2.45) is 0 Å². The Balaban J connectivity index is 3.35. The highest BCUT2D eigenvalue weighted by Crippen LogP contribution is 2.19. The molecular formula is C70H135NO5. The van der Waals surface area contributed by atoms with Crippen LogP contribution in [0.1, 0.15) is 386 Å². The van der Waals surface area contributed by atoms with Crippen LogP contribution in [-0.2, 0) is 14.3 Å². The predicted molar refractivity (Wildman–Crippen MR) is 333 cm³/mol. The van der Waals surface area contributed by atoms with Gasteiger partial charge >= 0.3 is 5.97 Å². The van der Waals surface area contributed by atoms with Gasteiger partial charge in [0.05, 0.1) is 25.4 Å². The van der Waals surface area contributed by atoms with E-state index >= 15 is 0 Å². The van der Waals surface area contributed by atoms with Crippen molar-refractivity contribution < 1.29 is 24.5 Å². The van der Waals surface area contributed by atoms with E-state index in [0.717, 1.165) is 44.9 Å². The molecule has 2 unspecified atom stereocenters. The van der Waals surface area contributed by atoms with Gasteiger partial charge in [-0.15, -0.1) is 0 Å². The second-order valence-corrected chi connectivity index (χ2v) is 23.9. The van der Waals surface area contributed by atoms with Crippen molar-refractivity contribution >= 4 is 11.9 Å². The van der Waals surface area contributed by atoms with Crippen LogP contribution in [0.15, 0.2) is 24.3 Å². The van der Waals surface area contributed by atoms with Gasteiger partial charge in [0.25, 0.3) is 0 Å². The molecule has 0 aromatic carbocycles. The molecular weight excluding hydrogens is 935 g/mol. The zero-order valence-corrected chi connectivity index (χ0v) is 51.5. The van der Waals surface area contributed by atoms with Crippen molar-refractivity contribution in [1.82, 2.24) is 5.32 Å². The maximum atomic E-state index is 12.5. The van der Waals surface area contributed by atoms with Crippen molar-refractivity contribution in [3.05, 3.63) is 24.3 Å². The van der Waals surface area contributed by atoms with Crippen LogP contribution < -0.4 is 5.32 Å². The molecule has 3 N–H and O–H groups in total. The van der Waals surface area contributed by atoms with E-state index in [0.29, 0.717) is 25.9 Å². The monoisotopic (exact) mass is 1070 g/mol. The first-order valence-corrected chi connectivity index (χ1v) is 34.6. The molecule has 450 valence electrons. The number of aliphatic hydroxyl groups excluding tert-OH is 2. The summed E-state index contributed by atoms with van der Waals surface area (Å²) >= 11 is 0. The minimum Gasteiger partial charge on any atom is -0.466 e. The zero-order chi connectivity index (χ0) is 55.0. The number of amides is 1. The molecule has 0 spiro atoms. The van der Waals surface area contributed by atoms with Crippen molar-refractivity contribution in [2.45, 2.75) is 398 Å². The SMILES string of the molecule is CCCCCCCCCCCCCCC(=O)OCCCCCCCCCCCCC/C=C\C/C=C\CCCCCCCCCCCCCCCCCCCC(=O)NC(CO)C(O)CCCCCCCCCCCCCC. The number of allylic oxidation sites excluding steroid dienone is 4. The third-order valence-corrected chi connectivity index (χ3v) is 16.3. The number of rotatable bonds is 65. The molecule has 0 heterocycles. The van der Waals surface area contributed by atoms with Crippen molar-refractivity contribution in [3.8, 4) is 0 Å². The summed E-state index contributed by atoms with van der Waals surface area (Å²) in [6.45, 7) is 4.97. The minimum atomic E-state index is -0.661. The fraction of sp³-hybridized carbons (Fsp3) is 0.914. The van der Waals surface area contributed by atoms with Crippen LogP contribution in [0, 0.1) is 0 Å². The Morgan fingerprint density at radius 3 is 1.00 bits per heavy atom. The second-order valence-electron chi connectivity index (χ2n) is 23.9. The van der Waals surface area contributed by atoms with Crippen LogP contribution in [-0.4, -0.2) is 47.4 Å². The quantitative estimate of drug-likeness (QED) is 0.0320. The molecule has 0 saturated heterocycles. The molecule has 0 aliphatic carbocycles. The van der Waals surface area contributed by atoms with Crippen molar-refractivity contribution in [2.75, 3.05) is 13.2 Å². The summed E-state index contributed by atoms with van der Waals surface area (Å²) in [4.78, 5) is 24.5. The summed E-state index contributed by atoms with van der Waals surface area (Å²) in [5.74, 6) is -0.0133. The van der Waals surface area contributed by atoms with E-state index in [2.05, 4.69) is 43.5 Å². The molecule has 6 heteroatoms. The van der Waals surface area contributed by atoms with Crippen molar-refractivity contribution in [3.63, 3.8) is 0 Å². The van der Waals surface area contributed by atoms with Crippen LogP contribution in [0.25, 0.3) is 0 Å². The van der Waals surface area contributed by atoms with E-state index in [-0.39, 0.29) is 18.5 Å². The molecule has 0 aliphatic heterocycles. The van der Waals surface area contributed by atoms with Gasteiger partial charge in [-0.3, -0.25) is 9.59 Å². The molecule has 0 saturated carbocycles. The van der Waals surface area contributed by atoms with Gasteiger partial charge in [-0.1, -0.05) is 340 Å². The highest BCUT2D eigenvalue weighted by molar-refractivity contribution is 5.76. The number of ether oxygens (including phenoxy) is 1. The van der Waals surface area contributed by atoms with Crippen LogP contribution in [0.3, 0.4) is 0 Å². The number of esters is 1. The average molecular weight is 1070 g/mol. The molecule has 0 aromatic rings. The summed E-state index contributed by atoms with van der Waals surface area (Å²) in [6, 6.07) is -0.538. The third-order valence-electron chi connectivity index (χ3n) is 16.3. The van der Waals surface area contributed by atoms with Gasteiger partial charge in [-0.05, 0) is 57.8 Å². The van der Waals surface area contributed by atoms with E-state index in [9.17, 15) is 19.8 Å². The average Bonchev–Trinajstić information content (AvgIpc) is 3.42. The topological polar surface area (TPSA) is 95.9 Å². The van der Waals surface area contributed by atoms with Gasteiger partial charge in [0, 0.05) is 12.8 Å². The maximum Gasteiger partial charge on any atom is 0.305 e. The molecule has 0 radical (unpaired) electrons. The summed E-state index contributed by atoms with van der Waals surface area (Å²) in [6.07, 6.45) is 82.4. The van der Waals surface area contributed by atoms with Crippen LogP contribution in [0.2, 0.25) is 0 Å². The van der Waals surface area contributed by atoms with E-state index in [1.54, 1.807) is 0 Å². The number of carbonyl (C=O) groups is 2. The van der Waals surface area contributed by atoms with Gasteiger partial charge < -0.3 is 20.3 Å². The number of carbonyl (C=O) groups excluding carboxylic acids is 2. The summed E-state index contributed by atoms with van der Waals surface area (Å²) in [7, 11) is 0. The third kappa shape index (κ3) is 61.6. The standard InChI is InChI=1S/C70H135NO5/c1-3-5-7-9-11-13-15-42-46-50-54-58-62-68(73)67(66-72)71-69(74)63-59-55-51-47-43-40-38-36-34-32-30-28-26-24-22-20-18-17-19-21-23-25-27-29-31-33-35-37-39-41-45-49-53-57-61-65-76-70(75)64-60-56-52-48-44-16-14-12-10-8-6-4-2/h19,21,25,27,67-68,72-73H,3-18,20,22-24,26,28-66H2,1-2H3,(H,71,74)/b21-19-,27-25-. The highest BCUT2D eigenvalue weighted by Gasteiger charge is 2.20. The molecule has 2 atom stereocenters. The van der Waals surface area contributed by atoms with Gasteiger partial charge in [-0.2, -0.15) is 0 Å². The molecule has 0 aliphatic rings. The second kappa shape index (κ2) is 65.9. The van der Waals surface area contributed by atoms with Crippen molar-refractivity contribution in [1.29, 1.82) is 0 Å². The first kappa shape index (κ1) is 74.3. The number of aliphatic hydroxyl groups is 2. The summed E-state index contributed by atoms with van der Waals surface area (Å²) < 4.78 is 5.48. The minimum absolute atomic E-state index is 0.0179. The van der Waals surface area contributed by atoms with Crippen LogP contribution in [0.5, 0.6) is 0 Å². The van der Waals surface area contributed by atoms with E-state index in [1.165, 1.54) is 308 Å². The normalized spacial score (nSPS) is 12.6. The van der Waals surface area contributed by atoms with Gasteiger partial charge in [-0.25, -0.2) is 0 Å². The Kier molecular flexibility index (Phi) is 64.4. The Hall–Kier alpha value is -1.66. The number of nitrogens with one attached hydrogen (secondary N) is 1. The van der Waals surface area contributed by atoms with E-state index in [1.807, 2.05) is 0 Å². The molecule has 0 aromatic heterocycles. The first-order valence-electron chi connectivity index (χ1n) is 34.6. The molecule has 0 bridgehead atoms. The molecule has 1 amide bonds. The van der Waals surface area contributed by atoms with Gasteiger partial charge in [0.15, 0.2) is 0 Å². The predicted octanol–water partition coefficient (Wildman–Crippen LogP) is 22.1. The first-order chi connectivity index (χ1) is 37.5. The van der Waals surface area contributed by atoms with E-state index in [4.69, 9.17) is 4.74 Å². The Morgan fingerprint density at radius 2 is 0.658 bits per heavy atom. The molecule has 0 fully saturated rings. The number of hydrogen-bond donors (Lipinski definition) is 3. The fourth-order valence-electron chi connectivity index (χ4n) is 11.0. The Bertz CT molecular complexity index is 1190. The lowest BCUT2D eigenvalue weighted by Gasteiger charge is -2.22. The molecule has 76 heavy (non-hydrogen) atoms. The molecule has 6 nitrogen and oxygen atoms in total. The summed E-state index contributed by atoms with van der Waals surface area (Å²) in [5, 5.41) is 23.3. The lowest BCUT2D eigenvalue weighted by molar-refractivity contribution is -0.143. The Labute approximate surface area is 475 Å². The van der Waals surface area contributed by atoms with Gasteiger partial charge in [0.1, 0.15) is 0 Å². The largest absolute Gasteiger partial charge is 0.466 e. The highest BCUT2D eigenvalue weighted by atomic mass is 16.5. The van der Waals surface area contributed by atoms with E-state index < -0.39 is 12.1 Å². The zero-order valence-electron chi connectivity index (χ0n) is 51.5. The molecule has 0 rings (SSSR count).